The van der Waals surface area contributed by atoms with Crippen LogP contribution in [0, 0.1) is 5.92 Å². The number of aliphatic hydroxyl groups excluding tert-OH is 3. The molecule has 9 nitrogen and oxygen atoms in total. The van der Waals surface area contributed by atoms with Crippen LogP contribution in [0.3, 0.4) is 0 Å². The van der Waals surface area contributed by atoms with Gasteiger partial charge in [0.15, 0.2) is 6.29 Å². The van der Waals surface area contributed by atoms with E-state index < -0.39 is 42.6 Å². The number of rotatable bonds is 20. The van der Waals surface area contributed by atoms with Crippen LogP contribution >= 0.6 is 0 Å². The van der Waals surface area contributed by atoms with Gasteiger partial charge in [-0.1, -0.05) is 69.6 Å². The van der Waals surface area contributed by atoms with Crippen LogP contribution in [0.2, 0.25) is 0 Å². The van der Waals surface area contributed by atoms with E-state index in [-0.39, 0.29) is 25.8 Å². The van der Waals surface area contributed by atoms with Crippen molar-refractivity contribution in [3.8, 4) is 0 Å². The molecule has 0 spiro atoms. The first kappa shape index (κ1) is 35.0. The van der Waals surface area contributed by atoms with E-state index >= 15 is 0 Å². The van der Waals surface area contributed by atoms with Crippen molar-refractivity contribution in [3.63, 3.8) is 0 Å². The largest absolute Gasteiger partial charge is 0.463 e. The van der Waals surface area contributed by atoms with Gasteiger partial charge in [-0.15, -0.1) is 0 Å². The average molecular weight is 555 g/mol. The molecule has 224 valence electrons. The van der Waals surface area contributed by atoms with E-state index in [2.05, 4.69) is 43.4 Å². The van der Waals surface area contributed by atoms with Crippen molar-refractivity contribution >= 4 is 11.9 Å². The Bertz CT molecular complexity index is 749. The van der Waals surface area contributed by atoms with E-state index in [0.717, 1.165) is 57.8 Å². The number of unbranched alkanes of at least 4 members (excludes halogenated alkanes) is 5. The minimum absolute atomic E-state index is 0.0905. The lowest BCUT2D eigenvalue weighted by atomic mass is 9.91. The van der Waals surface area contributed by atoms with Crippen LogP contribution in [-0.4, -0.2) is 77.8 Å². The van der Waals surface area contributed by atoms with Crippen LogP contribution in [0.15, 0.2) is 36.5 Å². The lowest BCUT2D eigenvalue weighted by Gasteiger charge is -2.41. The van der Waals surface area contributed by atoms with E-state index in [4.69, 9.17) is 18.9 Å². The van der Waals surface area contributed by atoms with E-state index in [1.54, 1.807) is 6.92 Å². The summed E-state index contributed by atoms with van der Waals surface area (Å²) in [5.41, 5.74) is 0. The van der Waals surface area contributed by atoms with Crippen LogP contribution in [0.4, 0.5) is 0 Å². The molecule has 0 aliphatic carbocycles. The summed E-state index contributed by atoms with van der Waals surface area (Å²) in [5.74, 6) is -1.35. The third kappa shape index (κ3) is 16.6. The Hall–Kier alpha value is -2.04. The maximum Gasteiger partial charge on any atom is 0.305 e. The molecule has 1 saturated heterocycles. The normalized spacial score (nSPS) is 24.5. The molecule has 9 heteroatoms. The fraction of sp³-hybridized carbons (Fsp3) is 0.733. The minimum atomic E-state index is -1.33. The molecule has 0 saturated carbocycles. The van der Waals surface area contributed by atoms with Gasteiger partial charge in [-0.25, -0.2) is 0 Å². The summed E-state index contributed by atoms with van der Waals surface area (Å²) >= 11 is 0. The van der Waals surface area contributed by atoms with Gasteiger partial charge in [0.25, 0.3) is 0 Å². The SMILES string of the molecule is CC/C=C\C/C=C\C/C=C\CCCCCCCC(=O)OCC(O)COC1OC(COC(C)=O)C(C)C(O)C1O. The zero-order chi connectivity index (χ0) is 28.9. The summed E-state index contributed by atoms with van der Waals surface area (Å²) in [4.78, 5) is 23.0. The number of ether oxygens (including phenoxy) is 4. The summed E-state index contributed by atoms with van der Waals surface area (Å²) in [6.07, 6.45) is 17.1. The summed E-state index contributed by atoms with van der Waals surface area (Å²) < 4.78 is 21.1. The highest BCUT2D eigenvalue weighted by Crippen LogP contribution is 2.27. The second-order valence-corrected chi connectivity index (χ2v) is 9.96. The summed E-state index contributed by atoms with van der Waals surface area (Å²) in [7, 11) is 0. The standard InChI is InChI=1S/C30H50O9/c1-4-5-6-7-8-9-10-11-12-13-14-15-16-17-18-19-27(33)37-20-25(32)21-38-30-29(35)28(34)23(2)26(39-30)22-36-24(3)31/h5-6,8-9,11-12,23,25-26,28-30,32,34-35H,4,7,10,13-22H2,1-3H3/b6-5-,9-8-,12-11-. The monoisotopic (exact) mass is 554 g/mol. The Morgan fingerprint density at radius 1 is 0.872 bits per heavy atom. The predicted molar refractivity (Wildman–Crippen MR) is 149 cm³/mol. The molecule has 1 rings (SSSR count). The Labute approximate surface area is 233 Å². The van der Waals surface area contributed by atoms with E-state index in [1.807, 2.05) is 0 Å². The quantitative estimate of drug-likeness (QED) is 0.115. The molecule has 39 heavy (non-hydrogen) atoms. The third-order valence-corrected chi connectivity index (χ3v) is 6.43. The Morgan fingerprint density at radius 3 is 2.21 bits per heavy atom. The van der Waals surface area contributed by atoms with Crippen LogP contribution in [0.25, 0.3) is 0 Å². The van der Waals surface area contributed by atoms with Gasteiger partial charge in [0.1, 0.15) is 25.4 Å². The molecule has 0 aromatic heterocycles. The molecule has 1 heterocycles. The molecule has 3 N–H and O–H groups in total. The van der Waals surface area contributed by atoms with Gasteiger partial charge in [-0.2, -0.15) is 0 Å². The number of carbonyl (C=O) groups excluding carboxylic acids is 2. The average Bonchev–Trinajstić information content (AvgIpc) is 2.91. The van der Waals surface area contributed by atoms with Crippen molar-refractivity contribution in [1.82, 2.24) is 0 Å². The summed E-state index contributed by atoms with van der Waals surface area (Å²) in [6.45, 7) is 4.46. The molecule has 6 unspecified atom stereocenters. The van der Waals surface area contributed by atoms with Gasteiger partial charge >= 0.3 is 11.9 Å². The molecule has 1 aliphatic rings. The van der Waals surface area contributed by atoms with Crippen molar-refractivity contribution in [2.75, 3.05) is 19.8 Å². The zero-order valence-corrected chi connectivity index (χ0v) is 23.9. The Balaban J connectivity index is 2.09. The topological polar surface area (TPSA) is 132 Å². The first-order valence-corrected chi connectivity index (χ1v) is 14.3. The van der Waals surface area contributed by atoms with Crippen molar-refractivity contribution < 1.29 is 43.9 Å². The second-order valence-electron chi connectivity index (χ2n) is 9.96. The van der Waals surface area contributed by atoms with E-state index in [0.29, 0.717) is 6.42 Å². The van der Waals surface area contributed by atoms with Gasteiger partial charge in [-0.3, -0.25) is 9.59 Å². The van der Waals surface area contributed by atoms with Crippen LogP contribution < -0.4 is 0 Å². The number of aliphatic hydroxyl groups is 3. The molecular formula is C30H50O9. The molecule has 0 aromatic carbocycles. The van der Waals surface area contributed by atoms with Gasteiger partial charge < -0.3 is 34.3 Å². The molecule has 1 fully saturated rings. The first-order valence-electron chi connectivity index (χ1n) is 14.3. The van der Waals surface area contributed by atoms with E-state index in [1.165, 1.54) is 6.92 Å². The molecular weight excluding hydrogens is 504 g/mol. The maximum absolute atomic E-state index is 12.0. The fourth-order valence-electron chi connectivity index (χ4n) is 4.00. The first-order chi connectivity index (χ1) is 18.8. The van der Waals surface area contributed by atoms with Gasteiger partial charge in [0.05, 0.1) is 18.8 Å². The van der Waals surface area contributed by atoms with Crippen LogP contribution in [0.1, 0.15) is 85.0 Å². The highest BCUT2D eigenvalue weighted by atomic mass is 16.7. The molecule has 0 bridgehead atoms. The fourth-order valence-corrected chi connectivity index (χ4v) is 4.00. The highest BCUT2D eigenvalue weighted by Gasteiger charge is 2.43. The van der Waals surface area contributed by atoms with Gasteiger partial charge in [-0.05, 0) is 38.5 Å². The lowest BCUT2D eigenvalue weighted by Crippen LogP contribution is -2.56. The number of hydrogen-bond acceptors (Lipinski definition) is 9. The molecule has 0 aromatic rings. The number of carbonyl (C=O) groups is 2. The maximum atomic E-state index is 12.0. The number of allylic oxidation sites excluding steroid dienone is 6. The summed E-state index contributed by atoms with van der Waals surface area (Å²) in [5, 5.41) is 30.5. The Kier molecular flexibility index (Phi) is 19.5. The van der Waals surface area contributed by atoms with Crippen LogP contribution in [-0.2, 0) is 28.5 Å². The summed E-state index contributed by atoms with van der Waals surface area (Å²) in [6, 6.07) is 0. The number of esters is 2. The van der Waals surface area contributed by atoms with Gasteiger partial charge in [0, 0.05) is 19.3 Å². The lowest BCUT2D eigenvalue weighted by molar-refractivity contribution is -0.293. The second kappa shape index (κ2) is 21.7. The Morgan fingerprint density at radius 2 is 1.51 bits per heavy atom. The highest BCUT2D eigenvalue weighted by molar-refractivity contribution is 5.69. The molecule has 1 aliphatic heterocycles. The molecule has 0 radical (unpaired) electrons. The number of hydrogen-bond donors (Lipinski definition) is 3. The van der Waals surface area contributed by atoms with E-state index in [9.17, 15) is 24.9 Å². The van der Waals surface area contributed by atoms with Crippen molar-refractivity contribution in [1.29, 1.82) is 0 Å². The van der Waals surface area contributed by atoms with Gasteiger partial charge in [0.2, 0.25) is 0 Å². The van der Waals surface area contributed by atoms with Crippen molar-refractivity contribution in [2.45, 2.75) is 116 Å². The smallest absolute Gasteiger partial charge is 0.305 e. The predicted octanol–water partition coefficient (Wildman–Crippen LogP) is 4.14. The third-order valence-electron chi connectivity index (χ3n) is 6.43. The minimum Gasteiger partial charge on any atom is -0.463 e. The zero-order valence-electron chi connectivity index (χ0n) is 23.9. The molecule has 6 atom stereocenters. The van der Waals surface area contributed by atoms with Crippen molar-refractivity contribution in [2.24, 2.45) is 5.92 Å². The van der Waals surface area contributed by atoms with Crippen molar-refractivity contribution in [3.05, 3.63) is 36.5 Å². The van der Waals surface area contributed by atoms with Crippen LogP contribution in [0.5, 0.6) is 0 Å². The molecule has 0 amide bonds.